The molecule has 11 heteroatoms. The lowest BCUT2D eigenvalue weighted by Crippen LogP contribution is -2.29. The summed E-state index contributed by atoms with van der Waals surface area (Å²) in [6, 6.07) is 10.3. The Labute approximate surface area is 147 Å². The van der Waals surface area contributed by atoms with E-state index in [1.54, 1.807) is 0 Å². The third kappa shape index (κ3) is 4.62. The van der Waals surface area contributed by atoms with Gasteiger partial charge in [-0.1, -0.05) is 12.1 Å². The van der Waals surface area contributed by atoms with Crippen molar-refractivity contribution in [1.29, 1.82) is 0 Å². The summed E-state index contributed by atoms with van der Waals surface area (Å²) >= 11 is 0. The Balaban J connectivity index is 2.16. The van der Waals surface area contributed by atoms with Crippen molar-refractivity contribution in [3.8, 4) is 0 Å². The minimum atomic E-state index is -4.00. The maximum Gasteiger partial charge on any atom is 0.318 e. The van der Waals surface area contributed by atoms with E-state index in [1.165, 1.54) is 48.5 Å². The fraction of sp³-hybridized carbons (Fsp3) is 0.0667. The molecule has 0 bridgehead atoms. The summed E-state index contributed by atoms with van der Waals surface area (Å²) in [5.41, 5.74) is -0.287. The van der Waals surface area contributed by atoms with Gasteiger partial charge in [-0.05, 0) is 30.3 Å². The lowest BCUT2D eigenvalue weighted by molar-refractivity contribution is -0.385. The highest BCUT2D eigenvalue weighted by atomic mass is 32.2. The zero-order chi connectivity index (χ0) is 19.3. The molecule has 0 aliphatic rings. The number of carbonyl (C=O) groups excluding carboxylic acids is 1. The van der Waals surface area contributed by atoms with Gasteiger partial charge in [0.25, 0.3) is 11.6 Å². The molecular weight excluding hydrogens is 366 g/mol. The average Bonchev–Trinajstić information content (AvgIpc) is 2.60. The molecule has 0 spiro atoms. The fourth-order valence-corrected chi connectivity index (χ4v) is 2.96. The molecular formula is C15H13N3O7S. The van der Waals surface area contributed by atoms with Crippen LogP contribution in [-0.4, -0.2) is 36.9 Å². The Bertz CT molecular complexity index is 955. The van der Waals surface area contributed by atoms with E-state index in [0.717, 1.165) is 0 Å². The molecule has 0 saturated heterocycles. The van der Waals surface area contributed by atoms with Gasteiger partial charge in [0.05, 0.1) is 9.82 Å². The number of hydrogen-bond donors (Lipinski definition) is 3. The molecule has 26 heavy (non-hydrogen) atoms. The van der Waals surface area contributed by atoms with Gasteiger partial charge in [-0.15, -0.1) is 0 Å². The molecule has 136 valence electrons. The fourth-order valence-electron chi connectivity index (χ4n) is 1.98. The number of amides is 1. The van der Waals surface area contributed by atoms with Gasteiger partial charge in [-0.2, -0.15) is 4.72 Å². The number of carboxylic acid groups (broad SMARTS) is 1. The van der Waals surface area contributed by atoms with Crippen LogP contribution < -0.4 is 10.0 Å². The number of carboxylic acids is 1. The molecule has 3 N–H and O–H groups in total. The summed E-state index contributed by atoms with van der Waals surface area (Å²) in [5, 5.41) is 21.9. The Morgan fingerprint density at radius 3 is 2.27 bits per heavy atom. The van der Waals surface area contributed by atoms with Crippen molar-refractivity contribution in [2.24, 2.45) is 0 Å². The number of nitro groups is 1. The van der Waals surface area contributed by atoms with Gasteiger partial charge in [0.2, 0.25) is 10.0 Å². The van der Waals surface area contributed by atoms with Crippen LogP contribution in [0.15, 0.2) is 53.4 Å². The number of nitro benzene ring substituents is 1. The summed E-state index contributed by atoms with van der Waals surface area (Å²) in [6.45, 7) is -0.765. The van der Waals surface area contributed by atoms with E-state index in [1.807, 2.05) is 4.72 Å². The average molecular weight is 379 g/mol. The van der Waals surface area contributed by atoms with E-state index in [9.17, 15) is 28.1 Å². The highest BCUT2D eigenvalue weighted by molar-refractivity contribution is 7.89. The first kappa shape index (κ1) is 19.0. The lowest BCUT2D eigenvalue weighted by Gasteiger charge is -2.08. The molecule has 2 aromatic carbocycles. The Morgan fingerprint density at radius 2 is 1.69 bits per heavy atom. The summed E-state index contributed by atoms with van der Waals surface area (Å²) in [6.07, 6.45) is 0. The van der Waals surface area contributed by atoms with Crippen LogP contribution >= 0.6 is 0 Å². The van der Waals surface area contributed by atoms with E-state index in [0.29, 0.717) is 0 Å². The number of aliphatic carboxylic acids is 1. The number of sulfonamides is 1. The number of anilines is 1. The maximum atomic E-state index is 12.2. The molecule has 10 nitrogen and oxygen atoms in total. The van der Waals surface area contributed by atoms with Crippen LogP contribution in [0.4, 0.5) is 11.4 Å². The quantitative estimate of drug-likeness (QED) is 0.482. The Morgan fingerprint density at radius 1 is 1.08 bits per heavy atom. The van der Waals surface area contributed by atoms with E-state index in [4.69, 9.17) is 5.11 Å². The van der Waals surface area contributed by atoms with Gasteiger partial charge in [0.1, 0.15) is 12.1 Å². The lowest BCUT2D eigenvalue weighted by atomic mass is 10.1. The second kappa shape index (κ2) is 7.72. The van der Waals surface area contributed by atoms with Crippen LogP contribution in [0.25, 0.3) is 0 Å². The first-order valence-electron chi connectivity index (χ1n) is 7.07. The van der Waals surface area contributed by atoms with Crippen LogP contribution in [0.5, 0.6) is 0 Å². The second-order valence-electron chi connectivity index (χ2n) is 4.97. The number of rotatable bonds is 7. The summed E-state index contributed by atoms with van der Waals surface area (Å²) in [4.78, 5) is 32.7. The smallest absolute Gasteiger partial charge is 0.318 e. The number of benzene rings is 2. The molecule has 0 saturated carbocycles. The largest absolute Gasteiger partial charge is 0.480 e. The standard InChI is InChI=1S/C15H13N3O7S/c19-14(20)9-16-26(24,25)11-7-5-10(6-8-11)17-15(21)12-3-1-2-4-13(12)18(22)23/h1-8,16H,9H2,(H,17,21)(H,19,20). The van der Waals surface area contributed by atoms with Gasteiger partial charge in [0, 0.05) is 11.8 Å². The predicted octanol–water partition coefficient (Wildman–Crippen LogP) is 1.21. The first-order chi connectivity index (χ1) is 12.2. The van der Waals surface area contributed by atoms with Gasteiger partial charge in [-0.25, -0.2) is 8.42 Å². The third-order valence-electron chi connectivity index (χ3n) is 3.18. The molecule has 0 radical (unpaired) electrons. The predicted molar refractivity (Wildman–Crippen MR) is 90.3 cm³/mol. The minimum Gasteiger partial charge on any atom is -0.480 e. The third-order valence-corrected chi connectivity index (χ3v) is 4.60. The van der Waals surface area contributed by atoms with E-state index >= 15 is 0 Å². The molecule has 0 aromatic heterocycles. The molecule has 0 unspecified atom stereocenters. The monoisotopic (exact) mass is 379 g/mol. The molecule has 2 aromatic rings. The zero-order valence-corrected chi connectivity index (χ0v) is 13.9. The second-order valence-corrected chi connectivity index (χ2v) is 6.74. The van der Waals surface area contributed by atoms with Crippen molar-refractivity contribution in [3.05, 3.63) is 64.2 Å². The van der Waals surface area contributed by atoms with Crippen molar-refractivity contribution < 1.29 is 28.0 Å². The van der Waals surface area contributed by atoms with Crippen molar-refractivity contribution >= 4 is 33.3 Å². The van der Waals surface area contributed by atoms with Crippen molar-refractivity contribution in [2.45, 2.75) is 4.90 Å². The highest BCUT2D eigenvalue weighted by Gasteiger charge is 2.20. The van der Waals surface area contributed by atoms with Crippen molar-refractivity contribution in [3.63, 3.8) is 0 Å². The Kier molecular flexibility index (Phi) is 5.64. The molecule has 0 heterocycles. The summed E-state index contributed by atoms with van der Waals surface area (Å²) in [5.74, 6) is -2.06. The van der Waals surface area contributed by atoms with Crippen LogP contribution in [0.1, 0.15) is 10.4 Å². The molecule has 0 atom stereocenters. The molecule has 0 aliphatic heterocycles. The molecule has 1 amide bonds. The maximum absolute atomic E-state index is 12.2. The number of para-hydroxylation sites is 1. The first-order valence-corrected chi connectivity index (χ1v) is 8.55. The van der Waals surface area contributed by atoms with Gasteiger partial charge < -0.3 is 10.4 Å². The van der Waals surface area contributed by atoms with Crippen LogP contribution in [-0.2, 0) is 14.8 Å². The number of nitrogens with zero attached hydrogens (tertiary/aromatic N) is 1. The van der Waals surface area contributed by atoms with Gasteiger partial charge >= 0.3 is 5.97 Å². The number of nitrogens with one attached hydrogen (secondary N) is 2. The van der Waals surface area contributed by atoms with Crippen LogP contribution in [0.2, 0.25) is 0 Å². The van der Waals surface area contributed by atoms with Crippen molar-refractivity contribution in [2.75, 3.05) is 11.9 Å². The SMILES string of the molecule is O=C(O)CNS(=O)(=O)c1ccc(NC(=O)c2ccccc2[N+](=O)[O-])cc1. The van der Waals surface area contributed by atoms with Crippen LogP contribution in [0, 0.1) is 10.1 Å². The normalized spacial score (nSPS) is 10.9. The number of carbonyl (C=O) groups is 2. The molecule has 0 aliphatic carbocycles. The van der Waals surface area contributed by atoms with E-state index in [-0.39, 0.29) is 21.8 Å². The minimum absolute atomic E-state index is 0.141. The zero-order valence-electron chi connectivity index (χ0n) is 13.1. The number of hydrogen-bond acceptors (Lipinski definition) is 6. The van der Waals surface area contributed by atoms with E-state index in [2.05, 4.69) is 5.32 Å². The van der Waals surface area contributed by atoms with Crippen LogP contribution in [0.3, 0.4) is 0 Å². The van der Waals surface area contributed by atoms with Gasteiger partial charge in [-0.3, -0.25) is 19.7 Å². The molecule has 0 fully saturated rings. The molecule has 2 rings (SSSR count). The van der Waals surface area contributed by atoms with Crippen molar-refractivity contribution in [1.82, 2.24) is 4.72 Å². The van der Waals surface area contributed by atoms with E-state index < -0.39 is 33.4 Å². The topological polar surface area (TPSA) is 156 Å². The summed E-state index contributed by atoms with van der Waals surface area (Å²) in [7, 11) is -4.00. The highest BCUT2D eigenvalue weighted by Crippen LogP contribution is 2.20. The Hall–Kier alpha value is -3.31. The summed E-state index contributed by atoms with van der Waals surface area (Å²) < 4.78 is 25.6. The van der Waals surface area contributed by atoms with Gasteiger partial charge in [0.15, 0.2) is 0 Å².